The van der Waals surface area contributed by atoms with Gasteiger partial charge in [0.15, 0.2) is 0 Å². The van der Waals surface area contributed by atoms with Gasteiger partial charge in [-0.3, -0.25) is 0 Å². The molecule has 0 amide bonds. The van der Waals surface area contributed by atoms with Crippen molar-refractivity contribution in [3.8, 4) is 0 Å². The van der Waals surface area contributed by atoms with Gasteiger partial charge < -0.3 is 0 Å². The molecule has 4 fully saturated rings. The summed E-state index contributed by atoms with van der Waals surface area (Å²) in [4.78, 5) is 0. The molecule has 9 atom stereocenters. The van der Waals surface area contributed by atoms with Crippen LogP contribution in [0.5, 0.6) is 0 Å². The average Bonchev–Trinajstić information content (AvgIpc) is 3.18. The summed E-state index contributed by atoms with van der Waals surface area (Å²) < 4.78 is 0. The number of rotatable bonds is 1. The van der Waals surface area contributed by atoms with Crippen molar-refractivity contribution in [3.05, 3.63) is 11.6 Å². The molecule has 5 aliphatic rings. The van der Waals surface area contributed by atoms with Crippen molar-refractivity contribution in [3.63, 3.8) is 0 Å². The van der Waals surface area contributed by atoms with Gasteiger partial charge in [-0.25, -0.2) is 0 Å². The second-order valence-electron chi connectivity index (χ2n) is 12.2. The molecular weight excluding hydrogens is 300 g/mol. The van der Waals surface area contributed by atoms with E-state index >= 15 is 0 Å². The Morgan fingerprint density at radius 3 is 2.40 bits per heavy atom. The number of hydrogen-bond acceptors (Lipinski definition) is 0. The van der Waals surface area contributed by atoms with Gasteiger partial charge in [0.05, 0.1) is 0 Å². The average molecular weight is 341 g/mol. The summed E-state index contributed by atoms with van der Waals surface area (Å²) >= 11 is 0. The van der Waals surface area contributed by atoms with Crippen LogP contribution in [0.15, 0.2) is 11.6 Å². The van der Waals surface area contributed by atoms with Crippen molar-refractivity contribution in [2.45, 2.75) is 86.5 Å². The fourth-order valence-electron chi connectivity index (χ4n) is 9.27. The van der Waals surface area contributed by atoms with Crippen LogP contribution in [-0.4, -0.2) is 0 Å². The lowest BCUT2D eigenvalue weighted by Crippen LogP contribution is -2.47. The molecule has 0 aliphatic heterocycles. The van der Waals surface area contributed by atoms with Crippen LogP contribution in [0.4, 0.5) is 0 Å². The van der Waals surface area contributed by atoms with E-state index in [0.29, 0.717) is 16.2 Å². The second-order valence-corrected chi connectivity index (χ2v) is 12.2. The Morgan fingerprint density at radius 1 is 0.960 bits per heavy atom. The highest BCUT2D eigenvalue weighted by molar-refractivity contribution is 5.33. The third-order valence-electron chi connectivity index (χ3n) is 10.8. The number of allylic oxidation sites excluding steroid dienone is 2. The van der Waals surface area contributed by atoms with Crippen molar-refractivity contribution in [1.82, 2.24) is 0 Å². The van der Waals surface area contributed by atoms with Gasteiger partial charge in [0, 0.05) is 0 Å². The van der Waals surface area contributed by atoms with Gasteiger partial charge in [-0.2, -0.15) is 0 Å². The van der Waals surface area contributed by atoms with Gasteiger partial charge in [0.2, 0.25) is 0 Å². The maximum absolute atomic E-state index is 2.71. The van der Waals surface area contributed by atoms with Crippen LogP contribution in [0, 0.1) is 57.7 Å². The van der Waals surface area contributed by atoms with Crippen molar-refractivity contribution in [2.24, 2.45) is 57.7 Å². The van der Waals surface area contributed by atoms with Crippen molar-refractivity contribution < 1.29 is 0 Å². The standard InChI is InChI=1S/C25H40/c1-15(2)17-9-10-23(4)11-12-24(5)13-18-19(22(24)21(17)23)14-25(6)16(3)7-8-20(18)25/h8,15-19,21-22H,7,9-14H2,1-6H3/t16-,17+,18-,19-,21-,22-,23-,24+,25+/m0/s1. The molecule has 0 unspecified atom stereocenters. The Hall–Kier alpha value is -0.260. The van der Waals surface area contributed by atoms with Gasteiger partial charge in [-0.15, -0.1) is 0 Å². The maximum Gasteiger partial charge on any atom is -0.00820 e. The Labute approximate surface area is 156 Å². The summed E-state index contributed by atoms with van der Waals surface area (Å²) in [5.41, 5.74) is 3.77. The third-order valence-corrected chi connectivity index (χ3v) is 10.8. The molecule has 0 nitrogen and oxygen atoms in total. The van der Waals surface area contributed by atoms with E-state index in [2.05, 4.69) is 47.6 Å². The number of fused-ring (bicyclic) bond motifs is 7. The minimum atomic E-state index is 0.552. The third kappa shape index (κ3) is 1.96. The number of hydrogen-bond donors (Lipinski definition) is 0. The monoisotopic (exact) mass is 340 g/mol. The van der Waals surface area contributed by atoms with E-state index < -0.39 is 0 Å². The van der Waals surface area contributed by atoms with Gasteiger partial charge in [-0.05, 0) is 103 Å². The lowest BCUT2D eigenvalue weighted by atomic mass is 9.51. The lowest BCUT2D eigenvalue weighted by Gasteiger charge is -2.53. The molecule has 0 spiro atoms. The molecule has 0 heteroatoms. The summed E-state index contributed by atoms with van der Waals surface area (Å²) in [6.45, 7) is 15.6. The smallest absolute Gasteiger partial charge is 0.00820 e. The summed E-state index contributed by atoms with van der Waals surface area (Å²) in [6, 6.07) is 0. The molecule has 0 N–H and O–H groups in total. The molecule has 0 bridgehead atoms. The highest BCUT2D eigenvalue weighted by Crippen LogP contribution is 2.75. The maximum atomic E-state index is 2.71. The minimum absolute atomic E-state index is 0.552. The Kier molecular flexibility index (Phi) is 3.35. The largest absolute Gasteiger partial charge is 0.0842 e. The minimum Gasteiger partial charge on any atom is -0.0842 e. The molecule has 0 aromatic carbocycles. The molecule has 0 radical (unpaired) electrons. The first-order valence-corrected chi connectivity index (χ1v) is 11.4. The normalized spacial score (nSPS) is 59.6. The van der Waals surface area contributed by atoms with E-state index in [4.69, 9.17) is 0 Å². The van der Waals surface area contributed by atoms with Gasteiger partial charge in [0.1, 0.15) is 0 Å². The molecule has 0 saturated heterocycles. The first kappa shape index (κ1) is 16.9. The zero-order valence-electron chi connectivity index (χ0n) is 17.6. The van der Waals surface area contributed by atoms with Crippen LogP contribution >= 0.6 is 0 Å². The van der Waals surface area contributed by atoms with Crippen molar-refractivity contribution >= 4 is 0 Å². The zero-order chi connectivity index (χ0) is 17.8. The van der Waals surface area contributed by atoms with Crippen LogP contribution in [0.3, 0.4) is 0 Å². The molecule has 0 heterocycles. The summed E-state index contributed by atoms with van der Waals surface area (Å²) in [7, 11) is 0. The summed E-state index contributed by atoms with van der Waals surface area (Å²) in [6.07, 6.45) is 13.1. The van der Waals surface area contributed by atoms with Crippen molar-refractivity contribution in [2.75, 3.05) is 0 Å². The highest BCUT2D eigenvalue weighted by atomic mass is 14.7. The molecule has 4 saturated carbocycles. The quantitative estimate of drug-likeness (QED) is 0.446. The molecule has 25 heavy (non-hydrogen) atoms. The summed E-state index contributed by atoms with van der Waals surface area (Å²) in [5.74, 6) is 6.74. The van der Waals surface area contributed by atoms with Crippen LogP contribution in [0.2, 0.25) is 0 Å². The molecule has 5 aliphatic carbocycles. The van der Waals surface area contributed by atoms with Gasteiger partial charge >= 0.3 is 0 Å². The lowest BCUT2D eigenvalue weighted by molar-refractivity contribution is -0.0491. The van der Waals surface area contributed by atoms with Gasteiger partial charge in [-0.1, -0.05) is 53.2 Å². The molecular formula is C25H40. The predicted molar refractivity (Wildman–Crippen MR) is 106 cm³/mol. The second kappa shape index (κ2) is 4.96. The zero-order valence-corrected chi connectivity index (χ0v) is 17.6. The Morgan fingerprint density at radius 2 is 1.68 bits per heavy atom. The summed E-state index contributed by atoms with van der Waals surface area (Å²) in [5, 5.41) is 0. The van der Waals surface area contributed by atoms with Crippen LogP contribution in [0.25, 0.3) is 0 Å². The Bertz CT molecular complexity index is 614. The van der Waals surface area contributed by atoms with E-state index in [9.17, 15) is 0 Å². The first-order chi connectivity index (χ1) is 11.7. The fraction of sp³-hybridized carbons (Fsp3) is 0.920. The highest BCUT2D eigenvalue weighted by Gasteiger charge is 2.67. The van der Waals surface area contributed by atoms with Crippen LogP contribution in [-0.2, 0) is 0 Å². The Balaban J connectivity index is 1.57. The van der Waals surface area contributed by atoms with Crippen LogP contribution in [0.1, 0.15) is 86.5 Å². The molecule has 0 aromatic heterocycles. The van der Waals surface area contributed by atoms with Crippen LogP contribution < -0.4 is 0 Å². The van der Waals surface area contributed by atoms with E-state index in [0.717, 1.165) is 41.4 Å². The van der Waals surface area contributed by atoms with Crippen molar-refractivity contribution in [1.29, 1.82) is 0 Å². The van der Waals surface area contributed by atoms with E-state index in [1.54, 1.807) is 0 Å². The predicted octanol–water partition coefficient (Wildman–Crippen LogP) is 7.10. The van der Waals surface area contributed by atoms with Gasteiger partial charge in [0.25, 0.3) is 0 Å². The fourth-order valence-corrected chi connectivity index (χ4v) is 9.27. The molecule has 140 valence electrons. The first-order valence-electron chi connectivity index (χ1n) is 11.4. The van der Waals surface area contributed by atoms with E-state index in [1.165, 1.54) is 44.9 Å². The SMILES string of the molecule is CC(C)[C@H]1CC[C@@]2(C)CC[C@]3(C)C[C@@H]4C5=CC[C@H](C)[C@@]5(C)C[C@@H]4[C@H]3[C@H]12. The van der Waals surface area contributed by atoms with E-state index in [-0.39, 0.29) is 0 Å². The molecule has 5 rings (SSSR count). The van der Waals surface area contributed by atoms with E-state index in [1.807, 2.05) is 5.57 Å². The topological polar surface area (TPSA) is 0 Å². The molecule has 0 aromatic rings.